The van der Waals surface area contributed by atoms with Crippen molar-refractivity contribution >= 4 is 11.0 Å². The third-order valence-electron chi connectivity index (χ3n) is 5.36. The van der Waals surface area contributed by atoms with Gasteiger partial charge in [-0.1, -0.05) is 60.7 Å². The summed E-state index contributed by atoms with van der Waals surface area (Å²) in [6.07, 6.45) is -0.773. The number of hydrogen-bond donors (Lipinski definition) is 1. The van der Waals surface area contributed by atoms with Crippen molar-refractivity contribution in [3.8, 4) is 0 Å². The molecular formula is C24H24N2O. The molecule has 0 spiro atoms. The first kappa shape index (κ1) is 17.5. The highest BCUT2D eigenvalue weighted by Gasteiger charge is 2.24. The fourth-order valence-electron chi connectivity index (χ4n) is 3.63. The first-order valence-electron chi connectivity index (χ1n) is 9.33. The van der Waals surface area contributed by atoms with E-state index in [1.54, 1.807) is 0 Å². The lowest BCUT2D eigenvalue weighted by atomic mass is 10.1. The molecule has 0 aliphatic heterocycles. The molecule has 4 aromatic rings. The summed E-state index contributed by atoms with van der Waals surface area (Å²) >= 11 is 0. The quantitative estimate of drug-likeness (QED) is 0.536. The van der Waals surface area contributed by atoms with Gasteiger partial charge in [-0.2, -0.15) is 0 Å². The number of fused-ring (bicyclic) bond motifs is 1. The average Bonchev–Trinajstić information content (AvgIpc) is 3.06. The van der Waals surface area contributed by atoms with E-state index in [-0.39, 0.29) is 6.04 Å². The molecule has 136 valence electrons. The van der Waals surface area contributed by atoms with Crippen LogP contribution in [0.4, 0.5) is 0 Å². The van der Waals surface area contributed by atoms with Gasteiger partial charge in [-0.05, 0) is 55.2 Å². The molecule has 2 atom stereocenters. The second-order valence-electron chi connectivity index (χ2n) is 7.17. The average molecular weight is 356 g/mol. The van der Waals surface area contributed by atoms with Crippen LogP contribution in [0.25, 0.3) is 11.0 Å². The third-order valence-corrected chi connectivity index (χ3v) is 5.36. The highest BCUT2D eigenvalue weighted by atomic mass is 16.3. The lowest BCUT2D eigenvalue weighted by Crippen LogP contribution is -2.14. The fourth-order valence-corrected chi connectivity index (χ4v) is 3.63. The minimum atomic E-state index is -0.773. The maximum absolute atomic E-state index is 11.1. The predicted molar refractivity (Wildman–Crippen MR) is 110 cm³/mol. The highest BCUT2D eigenvalue weighted by Crippen LogP contribution is 2.32. The normalized spacial score (nSPS) is 13.6. The first-order chi connectivity index (χ1) is 13.1. The van der Waals surface area contributed by atoms with E-state index in [0.717, 1.165) is 16.6 Å². The van der Waals surface area contributed by atoms with E-state index in [0.29, 0.717) is 5.82 Å². The zero-order valence-electron chi connectivity index (χ0n) is 15.9. The van der Waals surface area contributed by atoms with E-state index in [4.69, 9.17) is 4.98 Å². The second-order valence-corrected chi connectivity index (χ2v) is 7.17. The van der Waals surface area contributed by atoms with Gasteiger partial charge in [-0.15, -0.1) is 0 Å². The molecule has 2 unspecified atom stereocenters. The number of imidazole rings is 1. The van der Waals surface area contributed by atoms with Crippen LogP contribution in [0, 0.1) is 13.8 Å². The largest absolute Gasteiger partial charge is 0.380 e. The van der Waals surface area contributed by atoms with Crippen molar-refractivity contribution in [1.82, 2.24) is 9.55 Å². The maximum Gasteiger partial charge on any atom is 0.144 e. The molecule has 0 aliphatic carbocycles. The summed E-state index contributed by atoms with van der Waals surface area (Å²) in [5.74, 6) is 0.678. The number of nitrogens with zero attached hydrogens (tertiary/aromatic N) is 2. The van der Waals surface area contributed by atoms with E-state index >= 15 is 0 Å². The molecule has 0 saturated carbocycles. The number of rotatable bonds is 4. The molecule has 0 radical (unpaired) electrons. The van der Waals surface area contributed by atoms with Gasteiger partial charge in [0.15, 0.2) is 0 Å². The Kier molecular flexibility index (Phi) is 4.54. The van der Waals surface area contributed by atoms with E-state index < -0.39 is 6.10 Å². The Morgan fingerprint density at radius 3 is 2.00 bits per heavy atom. The van der Waals surface area contributed by atoms with Crippen LogP contribution in [0.15, 0.2) is 72.8 Å². The van der Waals surface area contributed by atoms with Crippen LogP contribution in [0.1, 0.15) is 47.1 Å². The maximum atomic E-state index is 11.1. The van der Waals surface area contributed by atoms with Gasteiger partial charge >= 0.3 is 0 Å². The lowest BCUT2D eigenvalue weighted by Gasteiger charge is -2.21. The van der Waals surface area contributed by atoms with Crippen LogP contribution in [0.2, 0.25) is 0 Å². The lowest BCUT2D eigenvalue weighted by molar-refractivity contribution is 0.204. The Bertz CT molecular complexity index is 1070. The number of aliphatic hydroxyl groups excluding tert-OH is 1. The summed E-state index contributed by atoms with van der Waals surface area (Å²) in [6, 6.07) is 24.4. The summed E-state index contributed by atoms with van der Waals surface area (Å²) in [5, 5.41) is 11.1. The van der Waals surface area contributed by atoms with Crippen LogP contribution in [-0.4, -0.2) is 14.7 Å². The van der Waals surface area contributed by atoms with E-state index in [9.17, 15) is 5.11 Å². The summed E-state index contributed by atoms with van der Waals surface area (Å²) in [6.45, 7) is 6.38. The zero-order chi connectivity index (χ0) is 19.0. The van der Waals surface area contributed by atoms with Crippen LogP contribution < -0.4 is 0 Å². The Morgan fingerprint density at radius 2 is 1.37 bits per heavy atom. The van der Waals surface area contributed by atoms with Gasteiger partial charge in [0.25, 0.3) is 0 Å². The van der Waals surface area contributed by atoms with Crippen molar-refractivity contribution < 1.29 is 5.11 Å². The standard InChI is InChI=1S/C24H24N2O/c1-16-14-21-22(15-17(16)2)26(18(3)19-10-6-4-7-11-19)24(25-21)23(27)20-12-8-5-9-13-20/h4-15,18,23,27H,1-3H3. The number of aryl methyl sites for hydroxylation is 2. The Labute approximate surface area is 159 Å². The minimum absolute atomic E-state index is 0.0617. The molecule has 1 aromatic heterocycles. The van der Waals surface area contributed by atoms with E-state index in [1.807, 2.05) is 48.5 Å². The molecule has 3 heteroatoms. The van der Waals surface area contributed by atoms with Gasteiger partial charge < -0.3 is 9.67 Å². The van der Waals surface area contributed by atoms with E-state index in [2.05, 4.69) is 49.6 Å². The third kappa shape index (κ3) is 3.15. The van der Waals surface area contributed by atoms with Gasteiger partial charge in [-0.25, -0.2) is 4.98 Å². The molecule has 1 heterocycles. The smallest absolute Gasteiger partial charge is 0.144 e. The SMILES string of the molecule is Cc1cc2nc(C(O)c3ccccc3)n(C(C)c3ccccc3)c2cc1C. The molecule has 0 saturated heterocycles. The van der Waals surface area contributed by atoms with E-state index in [1.165, 1.54) is 16.7 Å². The van der Waals surface area contributed by atoms with Crippen molar-refractivity contribution in [3.63, 3.8) is 0 Å². The molecule has 4 rings (SSSR count). The summed E-state index contributed by atoms with van der Waals surface area (Å²) < 4.78 is 2.18. The van der Waals surface area contributed by atoms with Crippen molar-refractivity contribution in [3.05, 3.63) is 101 Å². The first-order valence-corrected chi connectivity index (χ1v) is 9.33. The van der Waals surface area contributed by atoms with Gasteiger partial charge in [0.1, 0.15) is 11.9 Å². The number of aromatic nitrogens is 2. The summed E-state index contributed by atoms with van der Waals surface area (Å²) in [7, 11) is 0. The molecule has 27 heavy (non-hydrogen) atoms. The van der Waals surface area contributed by atoms with Crippen molar-refractivity contribution in [1.29, 1.82) is 0 Å². The van der Waals surface area contributed by atoms with Gasteiger partial charge in [-0.3, -0.25) is 0 Å². The molecule has 0 bridgehead atoms. The monoisotopic (exact) mass is 356 g/mol. The number of hydrogen-bond acceptors (Lipinski definition) is 2. The van der Waals surface area contributed by atoms with Gasteiger partial charge in [0.05, 0.1) is 17.1 Å². The van der Waals surface area contributed by atoms with Crippen LogP contribution in [-0.2, 0) is 0 Å². The Hall–Kier alpha value is -2.91. The number of aliphatic hydroxyl groups is 1. The van der Waals surface area contributed by atoms with Crippen molar-refractivity contribution in [2.24, 2.45) is 0 Å². The van der Waals surface area contributed by atoms with Crippen LogP contribution >= 0.6 is 0 Å². The molecule has 0 aliphatic rings. The fraction of sp³-hybridized carbons (Fsp3) is 0.208. The van der Waals surface area contributed by atoms with Crippen LogP contribution in [0.3, 0.4) is 0 Å². The summed E-state index contributed by atoms with van der Waals surface area (Å²) in [5.41, 5.74) is 6.45. The predicted octanol–water partition coefficient (Wildman–Crippen LogP) is 5.34. The minimum Gasteiger partial charge on any atom is -0.380 e. The molecule has 3 aromatic carbocycles. The molecule has 0 amide bonds. The number of benzene rings is 3. The highest BCUT2D eigenvalue weighted by molar-refractivity contribution is 5.78. The van der Waals surface area contributed by atoms with Crippen molar-refractivity contribution in [2.75, 3.05) is 0 Å². The Balaban J connectivity index is 1.95. The second kappa shape index (κ2) is 7.01. The summed E-state index contributed by atoms with van der Waals surface area (Å²) in [4.78, 5) is 4.85. The van der Waals surface area contributed by atoms with Crippen LogP contribution in [0.5, 0.6) is 0 Å². The molecule has 3 nitrogen and oxygen atoms in total. The van der Waals surface area contributed by atoms with Gasteiger partial charge in [0, 0.05) is 0 Å². The zero-order valence-corrected chi connectivity index (χ0v) is 15.9. The van der Waals surface area contributed by atoms with Crippen molar-refractivity contribution in [2.45, 2.75) is 32.9 Å². The molecule has 0 fully saturated rings. The Morgan fingerprint density at radius 1 is 0.815 bits per heavy atom. The van der Waals surface area contributed by atoms with Gasteiger partial charge in [0.2, 0.25) is 0 Å². The molecule has 1 N–H and O–H groups in total. The molecular weight excluding hydrogens is 332 g/mol. The topological polar surface area (TPSA) is 38.1 Å².